The van der Waals surface area contributed by atoms with E-state index in [2.05, 4.69) is 20.8 Å². The van der Waals surface area contributed by atoms with Gasteiger partial charge in [0.2, 0.25) is 0 Å². The van der Waals surface area contributed by atoms with Crippen LogP contribution in [-0.4, -0.2) is 30.2 Å². The van der Waals surface area contributed by atoms with Gasteiger partial charge >= 0.3 is 0 Å². The van der Waals surface area contributed by atoms with Crippen molar-refractivity contribution >= 4 is 28.9 Å². The van der Waals surface area contributed by atoms with Gasteiger partial charge < -0.3 is 15.5 Å². The number of anilines is 4. The summed E-state index contributed by atoms with van der Waals surface area (Å²) in [7, 11) is 3.88. The highest BCUT2D eigenvalue weighted by atomic mass is 19.2. The molecule has 2 N–H and O–H groups in total. The fourth-order valence-electron chi connectivity index (χ4n) is 2.34. The van der Waals surface area contributed by atoms with E-state index in [0.717, 1.165) is 17.4 Å². The number of aromatic nitrogens is 2. The van der Waals surface area contributed by atoms with Gasteiger partial charge in [0.15, 0.2) is 29.1 Å². The van der Waals surface area contributed by atoms with E-state index < -0.39 is 28.9 Å². The van der Waals surface area contributed by atoms with Gasteiger partial charge in [-0.15, -0.1) is 10.2 Å². The summed E-state index contributed by atoms with van der Waals surface area (Å²) in [4.78, 5) is 14.0. The Balaban J connectivity index is 1.67. The third kappa shape index (κ3) is 4.20. The second-order valence-corrected chi connectivity index (χ2v) is 6.05. The van der Waals surface area contributed by atoms with E-state index in [4.69, 9.17) is 0 Å². The second-order valence-electron chi connectivity index (χ2n) is 6.05. The number of nitrogens with zero attached hydrogens (tertiary/aromatic N) is 3. The molecule has 2 aromatic carbocycles. The Morgan fingerprint density at radius 1 is 0.857 bits per heavy atom. The lowest BCUT2D eigenvalue weighted by Gasteiger charge is -2.13. The molecular weight excluding hydrogens is 371 g/mol. The molecule has 0 atom stereocenters. The van der Waals surface area contributed by atoms with Gasteiger partial charge in [-0.05, 0) is 48.5 Å². The molecule has 0 spiro atoms. The van der Waals surface area contributed by atoms with Crippen molar-refractivity contribution in [3.8, 4) is 0 Å². The highest BCUT2D eigenvalue weighted by molar-refractivity contribution is 6.03. The molecule has 0 aliphatic heterocycles. The minimum atomic E-state index is -1.71. The van der Waals surface area contributed by atoms with Crippen molar-refractivity contribution in [2.75, 3.05) is 29.6 Å². The van der Waals surface area contributed by atoms with Crippen LogP contribution in [0.25, 0.3) is 0 Å². The van der Waals surface area contributed by atoms with E-state index in [1.54, 1.807) is 6.07 Å². The Bertz CT molecular complexity index is 992. The van der Waals surface area contributed by atoms with Gasteiger partial charge in [-0.25, -0.2) is 13.2 Å². The lowest BCUT2D eigenvalue weighted by molar-refractivity contribution is 0.102. The molecule has 28 heavy (non-hydrogen) atoms. The first-order valence-electron chi connectivity index (χ1n) is 8.18. The van der Waals surface area contributed by atoms with Crippen molar-refractivity contribution < 1.29 is 18.0 Å². The third-order valence-corrected chi connectivity index (χ3v) is 3.84. The standard InChI is InChI=1S/C19H16F3N5O/c1-27(2)12-5-3-11(4-6-12)23-15-9-10-16(26-25-15)24-19(28)13-7-8-14(20)18(22)17(13)21/h3-10H,1-2H3,(H,23,25)(H,24,26,28). The van der Waals surface area contributed by atoms with Gasteiger partial charge in [0.05, 0.1) is 5.56 Å². The lowest BCUT2D eigenvalue weighted by atomic mass is 10.2. The first kappa shape index (κ1) is 19.2. The van der Waals surface area contributed by atoms with E-state index in [1.165, 1.54) is 6.07 Å². The normalized spacial score (nSPS) is 10.5. The quantitative estimate of drug-likeness (QED) is 0.649. The monoisotopic (exact) mass is 387 g/mol. The molecule has 6 nitrogen and oxygen atoms in total. The molecule has 0 saturated heterocycles. The maximum Gasteiger partial charge on any atom is 0.259 e. The van der Waals surface area contributed by atoms with Crippen molar-refractivity contribution in [2.45, 2.75) is 0 Å². The van der Waals surface area contributed by atoms with Gasteiger partial charge in [-0.2, -0.15) is 0 Å². The van der Waals surface area contributed by atoms with Gasteiger partial charge in [-0.1, -0.05) is 0 Å². The zero-order valence-corrected chi connectivity index (χ0v) is 15.0. The Hall–Kier alpha value is -3.62. The Labute approximate surface area is 159 Å². The molecule has 0 aliphatic carbocycles. The number of carbonyl (C=O) groups excluding carboxylic acids is 1. The van der Waals surface area contributed by atoms with Crippen LogP contribution < -0.4 is 15.5 Å². The van der Waals surface area contributed by atoms with E-state index >= 15 is 0 Å². The molecule has 1 amide bonds. The predicted octanol–water partition coefficient (Wildman–Crippen LogP) is 3.96. The second kappa shape index (κ2) is 7.95. The fourth-order valence-corrected chi connectivity index (χ4v) is 2.34. The molecule has 0 saturated carbocycles. The summed E-state index contributed by atoms with van der Waals surface area (Å²) in [6, 6.07) is 12.1. The number of carbonyl (C=O) groups is 1. The average molecular weight is 387 g/mol. The number of nitrogens with one attached hydrogen (secondary N) is 2. The van der Waals surface area contributed by atoms with Crippen LogP contribution in [0.1, 0.15) is 10.4 Å². The Morgan fingerprint density at radius 3 is 2.11 bits per heavy atom. The van der Waals surface area contributed by atoms with Crippen LogP contribution in [0, 0.1) is 17.5 Å². The highest BCUT2D eigenvalue weighted by Crippen LogP contribution is 2.20. The summed E-state index contributed by atoms with van der Waals surface area (Å²) in [6.07, 6.45) is 0. The smallest absolute Gasteiger partial charge is 0.259 e. The number of hydrogen-bond acceptors (Lipinski definition) is 5. The summed E-state index contributed by atoms with van der Waals surface area (Å²) in [6.45, 7) is 0. The van der Waals surface area contributed by atoms with Gasteiger partial charge in [0, 0.05) is 25.5 Å². The first-order valence-corrected chi connectivity index (χ1v) is 8.18. The summed E-state index contributed by atoms with van der Waals surface area (Å²) in [5.74, 6) is -5.16. The van der Waals surface area contributed by atoms with E-state index in [9.17, 15) is 18.0 Å². The Kier molecular flexibility index (Phi) is 5.44. The summed E-state index contributed by atoms with van der Waals surface area (Å²) in [5, 5.41) is 13.1. The Morgan fingerprint density at radius 2 is 1.50 bits per heavy atom. The van der Waals surface area contributed by atoms with Crippen LogP contribution in [0.2, 0.25) is 0 Å². The SMILES string of the molecule is CN(C)c1ccc(Nc2ccc(NC(=O)c3ccc(F)c(F)c3F)nn2)cc1. The average Bonchev–Trinajstić information content (AvgIpc) is 2.68. The third-order valence-electron chi connectivity index (χ3n) is 3.84. The summed E-state index contributed by atoms with van der Waals surface area (Å²) >= 11 is 0. The largest absolute Gasteiger partial charge is 0.378 e. The fraction of sp³-hybridized carbons (Fsp3) is 0.105. The number of amides is 1. The van der Waals surface area contributed by atoms with Crippen LogP contribution >= 0.6 is 0 Å². The molecule has 0 fully saturated rings. The number of benzene rings is 2. The number of rotatable bonds is 5. The van der Waals surface area contributed by atoms with Crippen LogP contribution in [0.3, 0.4) is 0 Å². The molecule has 0 aliphatic rings. The molecule has 1 aromatic heterocycles. The first-order chi connectivity index (χ1) is 13.3. The van der Waals surface area contributed by atoms with Crippen LogP contribution in [0.5, 0.6) is 0 Å². The van der Waals surface area contributed by atoms with Crippen molar-refractivity contribution in [1.82, 2.24) is 10.2 Å². The molecule has 3 rings (SSSR count). The van der Waals surface area contributed by atoms with Crippen LogP contribution in [0.15, 0.2) is 48.5 Å². The molecule has 3 aromatic rings. The molecular formula is C19H16F3N5O. The maximum absolute atomic E-state index is 13.7. The van der Waals surface area contributed by atoms with Crippen molar-refractivity contribution in [3.63, 3.8) is 0 Å². The number of halogens is 3. The van der Waals surface area contributed by atoms with E-state index in [1.807, 2.05) is 43.3 Å². The van der Waals surface area contributed by atoms with Crippen LogP contribution in [-0.2, 0) is 0 Å². The molecule has 0 bridgehead atoms. The summed E-state index contributed by atoms with van der Waals surface area (Å²) in [5.41, 5.74) is 1.20. The van der Waals surface area contributed by atoms with Crippen molar-refractivity contribution in [1.29, 1.82) is 0 Å². The highest BCUT2D eigenvalue weighted by Gasteiger charge is 2.19. The minimum Gasteiger partial charge on any atom is -0.378 e. The van der Waals surface area contributed by atoms with Gasteiger partial charge in [0.25, 0.3) is 5.91 Å². The number of hydrogen-bond donors (Lipinski definition) is 2. The van der Waals surface area contributed by atoms with Gasteiger partial charge in [-0.3, -0.25) is 4.79 Å². The lowest BCUT2D eigenvalue weighted by Crippen LogP contribution is -2.16. The molecule has 0 radical (unpaired) electrons. The molecule has 144 valence electrons. The summed E-state index contributed by atoms with van der Waals surface area (Å²) < 4.78 is 39.9. The van der Waals surface area contributed by atoms with Crippen LogP contribution in [0.4, 0.5) is 36.2 Å². The zero-order chi connectivity index (χ0) is 20.3. The van der Waals surface area contributed by atoms with Gasteiger partial charge in [0.1, 0.15) is 0 Å². The van der Waals surface area contributed by atoms with Crippen molar-refractivity contribution in [3.05, 3.63) is 71.5 Å². The van der Waals surface area contributed by atoms with Crippen molar-refractivity contribution in [2.24, 2.45) is 0 Å². The van der Waals surface area contributed by atoms with E-state index in [0.29, 0.717) is 11.9 Å². The zero-order valence-electron chi connectivity index (χ0n) is 15.0. The maximum atomic E-state index is 13.7. The van der Waals surface area contributed by atoms with E-state index in [-0.39, 0.29) is 5.82 Å². The molecule has 9 heteroatoms. The topological polar surface area (TPSA) is 70.2 Å². The predicted molar refractivity (Wildman–Crippen MR) is 100 cm³/mol. The molecule has 0 unspecified atom stereocenters. The minimum absolute atomic E-state index is 0.0302. The molecule has 1 heterocycles.